The predicted octanol–water partition coefficient (Wildman–Crippen LogP) is 14.0. The normalized spacial score (nSPS) is 19.4. The van der Waals surface area contributed by atoms with Gasteiger partial charge in [0, 0.05) is 12.8 Å². The third-order valence-electron chi connectivity index (χ3n) is 13.8. The molecule has 1 aliphatic rings. The van der Waals surface area contributed by atoms with Crippen LogP contribution < -0.4 is 5.32 Å². The van der Waals surface area contributed by atoms with E-state index < -0.39 is 49.5 Å². The summed E-state index contributed by atoms with van der Waals surface area (Å²) >= 11 is 0. The zero-order valence-electron chi connectivity index (χ0n) is 47.0. The quantitative estimate of drug-likeness (QED) is 0.0195. The average molecular weight is 1040 g/mol. The number of nitrogens with one attached hydrogen (secondary N) is 1. The smallest absolute Gasteiger partial charge is 0.305 e. The Morgan fingerprint density at radius 1 is 0.527 bits per heavy atom. The van der Waals surface area contributed by atoms with Crippen molar-refractivity contribution in [3.8, 4) is 0 Å². The third kappa shape index (κ3) is 41.3. The van der Waals surface area contributed by atoms with Gasteiger partial charge in [-0.2, -0.15) is 0 Å². The molecule has 11 nitrogen and oxygen atoms in total. The number of hydrogen-bond donors (Lipinski definition) is 6. The summed E-state index contributed by atoms with van der Waals surface area (Å²) in [5.74, 6) is -0.227. The second-order valence-electron chi connectivity index (χ2n) is 20.7. The lowest BCUT2D eigenvalue weighted by Gasteiger charge is -2.40. The number of aliphatic hydroxyl groups is 5. The highest BCUT2D eigenvalue weighted by atomic mass is 16.7. The van der Waals surface area contributed by atoms with Crippen LogP contribution in [0.4, 0.5) is 0 Å². The summed E-state index contributed by atoms with van der Waals surface area (Å²) < 4.78 is 16.6. The number of allylic oxidation sites excluding steroid dienone is 11. The first-order valence-corrected chi connectivity index (χ1v) is 30.2. The Hall–Kier alpha value is -2.90. The van der Waals surface area contributed by atoms with Gasteiger partial charge in [-0.15, -0.1) is 0 Å². The Kier molecular flexibility index (Phi) is 48.7. The molecule has 1 heterocycles. The lowest BCUT2D eigenvalue weighted by atomic mass is 9.99. The van der Waals surface area contributed by atoms with Crippen LogP contribution in [0.15, 0.2) is 72.9 Å². The van der Waals surface area contributed by atoms with E-state index in [1.54, 1.807) is 6.08 Å². The number of hydrogen-bond acceptors (Lipinski definition) is 10. The molecular weight excluding hydrogens is 931 g/mol. The molecule has 0 saturated carbocycles. The van der Waals surface area contributed by atoms with E-state index >= 15 is 0 Å². The number of carbonyl (C=O) groups is 2. The molecule has 0 aromatic rings. The van der Waals surface area contributed by atoms with Crippen LogP contribution in [0.5, 0.6) is 0 Å². The monoisotopic (exact) mass is 1040 g/mol. The van der Waals surface area contributed by atoms with Crippen molar-refractivity contribution in [1.82, 2.24) is 5.32 Å². The van der Waals surface area contributed by atoms with Crippen LogP contribution in [-0.2, 0) is 23.8 Å². The molecule has 0 aliphatic carbocycles. The van der Waals surface area contributed by atoms with Gasteiger partial charge in [0.2, 0.25) is 5.91 Å². The highest BCUT2D eigenvalue weighted by molar-refractivity contribution is 5.76. The molecule has 0 bridgehead atoms. The summed E-state index contributed by atoms with van der Waals surface area (Å²) in [5, 5.41) is 54.1. The first-order chi connectivity index (χ1) is 36.2. The highest BCUT2D eigenvalue weighted by Gasteiger charge is 2.44. The van der Waals surface area contributed by atoms with Gasteiger partial charge in [0.05, 0.1) is 32.0 Å². The third-order valence-corrected chi connectivity index (χ3v) is 13.8. The van der Waals surface area contributed by atoms with Gasteiger partial charge in [0.25, 0.3) is 0 Å². The molecule has 1 rings (SSSR count). The van der Waals surface area contributed by atoms with E-state index in [1.807, 2.05) is 19.1 Å². The van der Waals surface area contributed by atoms with Crippen LogP contribution in [0.2, 0.25) is 0 Å². The van der Waals surface area contributed by atoms with E-state index in [-0.39, 0.29) is 18.5 Å². The summed E-state index contributed by atoms with van der Waals surface area (Å²) in [6.07, 6.45) is 58.9. The molecular formula is C63H111NO10. The van der Waals surface area contributed by atoms with Crippen molar-refractivity contribution in [2.75, 3.05) is 19.8 Å². The maximum absolute atomic E-state index is 13.0. The van der Waals surface area contributed by atoms with Gasteiger partial charge >= 0.3 is 5.97 Å². The highest BCUT2D eigenvalue weighted by Crippen LogP contribution is 2.23. The maximum atomic E-state index is 13.0. The SMILES string of the molecule is C/C=C/CC/C=C/CC/C=C/C(O)C(COC1OC(CO)C(O)C(O)C1O)NC(=O)CCCCCCCCC/C=C\C/C=C\CCCCCCCCCCCOC(=O)CCCCCCC/C=C\CCCCCCC. The van der Waals surface area contributed by atoms with Gasteiger partial charge in [0.15, 0.2) is 6.29 Å². The molecule has 6 N–H and O–H groups in total. The molecule has 0 aromatic carbocycles. The fourth-order valence-corrected chi connectivity index (χ4v) is 9.03. The Labute approximate surface area is 451 Å². The zero-order valence-corrected chi connectivity index (χ0v) is 47.0. The number of aliphatic hydroxyl groups excluding tert-OH is 5. The second-order valence-corrected chi connectivity index (χ2v) is 20.7. The Bertz CT molecular complexity index is 1460. The minimum atomic E-state index is -1.58. The summed E-state index contributed by atoms with van der Waals surface area (Å²) in [6, 6.07) is -0.842. The summed E-state index contributed by atoms with van der Waals surface area (Å²) in [5.41, 5.74) is 0. The van der Waals surface area contributed by atoms with Gasteiger partial charge < -0.3 is 45.1 Å². The van der Waals surface area contributed by atoms with E-state index in [4.69, 9.17) is 14.2 Å². The van der Waals surface area contributed by atoms with Gasteiger partial charge in [-0.25, -0.2) is 0 Å². The number of rotatable bonds is 51. The molecule has 428 valence electrons. The average Bonchev–Trinajstić information content (AvgIpc) is 3.40. The van der Waals surface area contributed by atoms with Crippen LogP contribution in [-0.4, -0.2) is 100 Å². The van der Waals surface area contributed by atoms with E-state index in [0.29, 0.717) is 25.9 Å². The van der Waals surface area contributed by atoms with Gasteiger partial charge in [-0.3, -0.25) is 9.59 Å². The Morgan fingerprint density at radius 3 is 1.50 bits per heavy atom. The molecule has 0 spiro atoms. The second kappa shape index (κ2) is 52.2. The molecule has 7 unspecified atom stereocenters. The summed E-state index contributed by atoms with van der Waals surface area (Å²) in [7, 11) is 0. The van der Waals surface area contributed by atoms with E-state index in [0.717, 1.165) is 89.9 Å². The van der Waals surface area contributed by atoms with Crippen LogP contribution in [0.3, 0.4) is 0 Å². The van der Waals surface area contributed by atoms with Crippen molar-refractivity contribution >= 4 is 11.9 Å². The van der Waals surface area contributed by atoms with E-state index in [9.17, 15) is 35.1 Å². The Morgan fingerprint density at radius 2 is 0.973 bits per heavy atom. The molecule has 1 amide bonds. The van der Waals surface area contributed by atoms with Crippen molar-refractivity contribution in [3.05, 3.63) is 72.9 Å². The lowest BCUT2D eigenvalue weighted by Crippen LogP contribution is -2.60. The minimum Gasteiger partial charge on any atom is -0.466 e. The van der Waals surface area contributed by atoms with Crippen LogP contribution in [0.25, 0.3) is 0 Å². The number of carbonyl (C=O) groups excluding carboxylic acids is 2. The van der Waals surface area contributed by atoms with E-state index in [1.165, 1.54) is 128 Å². The van der Waals surface area contributed by atoms with Crippen LogP contribution in [0.1, 0.15) is 251 Å². The fourth-order valence-electron chi connectivity index (χ4n) is 9.03. The first-order valence-electron chi connectivity index (χ1n) is 30.2. The van der Waals surface area contributed by atoms with Crippen LogP contribution in [0, 0.1) is 0 Å². The topological polar surface area (TPSA) is 175 Å². The standard InChI is InChI=1S/C63H111NO10/c1-3-5-7-9-11-13-14-15-28-31-35-39-43-47-51-59(68)72-52-48-44-40-36-32-29-26-24-22-20-18-16-17-19-21-23-25-27-30-34-38-42-46-50-58(67)64-55(56(66)49-45-41-37-33-12-10-8-6-4-2)54-73-63-62(71)61(70)60(69)57(53-65)74-63/h4,6,12,14-16,18-19,21,33,45,49,55-57,60-63,65-66,69-71H,3,5,7-11,13,17,20,22-32,34-44,46-48,50-54H2,1-2H3,(H,64,67)/b6-4+,15-14-,18-16-,21-19-,33-12+,49-45+. The largest absolute Gasteiger partial charge is 0.466 e. The molecule has 7 atom stereocenters. The predicted molar refractivity (Wildman–Crippen MR) is 306 cm³/mol. The molecule has 0 radical (unpaired) electrons. The molecule has 1 fully saturated rings. The molecule has 1 aliphatic heterocycles. The van der Waals surface area contributed by atoms with Crippen molar-refractivity contribution < 1.29 is 49.3 Å². The molecule has 0 aromatic heterocycles. The molecule has 11 heteroatoms. The summed E-state index contributed by atoms with van der Waals surface area (Å²) in [6.45, 7) is 4.05. The Balaban J connectivity index is 2.03. The van der Waals surface area contributed by atoms with Gasteiger partial charge in [-0.1, -0.05) is 202 Å². The first kappa shape index (κ1) is 69.1. The van der Waals surface area contributed by atoms with Crippen molar-refractivity contribution in [2.45, 2.75) is 294 Å². The fraction of sp³-hybridized carbons (Fsp3) is 0.778. The van der Waals surface area contributed by atoms with Crippen molar-refractivity contribution in [3.63, 3.8) is 0 Å². The number of ether oxygens (including phenoxy) is 3. The van der Waals surface area contributed by atoms with Gasteiger partial charge in [0.1, 0.15) is 24.4 Å². The van der Waals surface area contributed by atoms with Crippen molar-refractivity contribution in [2.24, 2.45) is 0 Å². The van der Waals surface area contributed by atoms with E-state index in [2.05, 4.69) is 66.9 Å². The molecule has 74 heavy (non-hydrogen) atoms. The number of unbranched alkanes of at least 4 members (excludes halogenated alkanes) is 28. The number of esters is 1. The lowest BCUT2D eigenvalue weighted by molar-refractivity contribution is -0.302. The minimum absolute atomic E-state index is 0.0152. The summed E-state index contributed by atoms with van der Waals surface area (Å²) in [4.78, 5) is 25.0. The maximum Gasteiger partial charge on any atom is 0.305 e. The number of amides is 1. The van der Waals surface area contributed by atoms with Gasteiger partial charge in [-0.05, 0) is 110 Å². The van der Waals surface area contributed by atoms with Crippen molar-refractivity contribution in [1.29, 1.82) is 0 Å². The van der Waals surface area contributed by atoms with Crippen LogP contribution >= 0.6 is 0 Å². The zero-order chi connectivity index (χ0) is 53.8. The molecule has 1 saturated heterocycles.